The van der Waals surface area contributed by atoms with Crippen LogP contribution < -0.4 is 0 Å². The molecule has 2 atom stereocenters. The van der Waals surface area contributed by atoms with E-state index in [1.165, 1.54) is 0 Å². The van der Waals surface area contributed by atoms with Gasteiger partial charge in [0.1, 0.15) is 12.6 Å². The predicted octanol–water partition coefficient (Wildman–Crippen LogP) is 2.16. The highest BCUT2D eigenvalue weighted by Gasteiger charge is 2.04. The van der Waals surface area contributed by atoms with Crippen LogP contribution in [-0.4, -0.2) is 20.4 Å². The van der Waals surface area contributed by atoms with Crippen molar-refractivity contribution in [1.29, 1.82) is 0 Å². The number of hydrogen-bond donors (Lipinski definition) is 0. The van der Waals surface area contributed by atoms with Crippen molar-refractivity contribution in [2.24, 2.45) is 0 Å². The molecule has 0 spiro atoms. The third-order valence-corrected chi connectivity index (χ3v) is 3.09. The van der Waals surface area contributed by atoms with E-state index in [0.717, 1.165) is 31.8 Å². The number of carbonyl (C=O) groups is 2. The average molecular weight is 380 g/mol. The minimum absolute atomic E-state index is 0.114. The molecule has 0 saturated carbocycles. The first kappa shape index (κ1) is 11.8. The molecule has 0 aliphatic rings. The Morgan fingerprint density at radius 2 is 1.36 bits per heavy atom. The molecule has 0 aromatic heterocycles. The molecular formula is C7H10I2O2. The van der Waals surface area contributed by atoms with E-state index in [2.05, 4.69) is 45.2 Å². The predicted molar refractivity (Wildman–Crippen MR) is 61.6 cm³/mol. The van der Waals surface area contributed by atoms with Gasteiger partial charge >= 0.3 is 0 Å². The summed E-state index contributed by atoms with van der Waals surface area (Å²) >= 11 is 4.21. The Bertz CT molecular complexity index is 114. The van der Waals surface area contributed by atoms with Crippen molar-refractivity contribution in [3.63, 3.8) is 0 Å². The van der Waals surface area contributed by atoms with E-state index in [1.807, 2.05) is 0 Å². The summed E-state index contributed by atoms with van der Waals surface area (Å²) in [7, 11) is 0. The van der Waals surface area contributed by atoms with Gasteiger partial charge in [-0.1, -0.05) is 51.6 Å². The molecule has 0 aliphatic carbocycles. The Morgan fingerprint density at radius 3 is 1.64 bits per heavy atom. The molecule has 0 aromatic rings. The van der Waals surface area contributed by atoms with Crippen molar-refractivity contribution in [1.82, 2.24) is 0 Å². The second-order valence-corrected chi connectivity index (χ2v) is 5.43. The number of hydrogen-bond acceptors (Lipinski definition) is 2. The molecule has 64 valence electrons. The lowest BCUT2D eigenvalue weighted by atomic mass is 10.2. The molecule has 2 unspecified atom stereocenters. The largest absolute Gasteiger partial charge is 0.302 e. The highest BCUT2D eigenvalue weighted by molar-refractivity contribution is 14.1. The van der Waals surface area contributed by atoms with Gasteiger partial charge in [0.05, 0.1) is 7.85 Å². The Labute approximate surface area is 93.8 Å². The first-order chi connectivity index (χ1) is 5.20. The minimum Gasteiger partial charge on any atom is -0.302 e. The lowest BCUT2D eigenvalue weighted by Crippen LogP contribution is -2.02. The molecule has 0 saturated heterocycles. The molecule has 11 heavy (non-hydrogen) atoms. The maximum absolute atomic E-state index is 10.2. The Balaban J connectivity index is 3.26. The Kier molecular flexibility index (Phi) is 7.99. The van der Waals surface area contributed by atoms with Crippen LogP contribution in [0.1, 0.15) is 19.3 Å². The summed E-state index contributed by atoms with van der Waals surface area (Å²) < 4.78 is 0.228. The van der Waals surface area contributed by atoms with E-state index in [-0.39, 0.29) is 7.85 Å². The monoisotopic (exact) mass is 380 g/mol. The number of rotatable bonds is 6. The SMILES string of the molecule is O=CC(I)CCCC(I)C=O. The summed E-state index contributed by atoms with van der Waals surface area (Å²) in [5.41, 5.74) is 0. The maximum Gasteiger partial charge on any atom is 0.132 e. The molecule has 0 aromatic carbocycles. The highest BCUT2D eigenvalue weighted by Crippen LogP contribution is 2.12. The molecule has 0 radical (unpaired) electrons. The molecule has 0 bridgehead atoms. The van der Waals surface area contributed by atoms with Gasteiger partial charge < -0.3 is 9.59 Å². The molecule has 0 rings (SSSR count). The minimum atomic E-state index is 0.114. The van der Waals surface area contributed by atoms with Crippen LogP contribution in [0.5, 0.6) is 0 Å². The van der Waals surface area contributed by atoms with Crippen molar-refractivity contribution in [3.05, 3.63) is 0 Å². The van der Waals surface area contributed by atoms with Crippen LogP contribution in [0.2, 0.25) is 0 Å². The number of aldehydes is 2. The van der Waals surface area contributed by atoms with Crippen LogP contribution in [0.4, 0.5) is 0 Å². The molecule has 0 aliphatic heterocycles. The molecule has 2 nitrogen and oxygen atoms in total. The van der Waals surface area contributed by atoms with Crippen LogP contribution in [0.25, 0.3) is 0 Å². The van der Waals surface area contributed by atoms with Crippen LogP contribution >= 0.6 is 45.2 Å². The third-order valence-electron chi connectivity index (χ3n) is 1.26. The van der Waals surface area contributed by atoms with Gasteiger partial charge in [0, 0.05) is 0 Å². The fourth-order valence-corrected chi connectivity index (χ4v) is 1.52. The van der Waals surface area contributed by atoms with Gasteiger partial charge in [0.2, 0.25) is 0 Å². The molecular weight excluding hydrogens is 370 g/mol. The highest BCUT2D eigenvalue weighted by atomic mass is 127. The second kappa shape index (κ2) is 7.45. The number of halogens is 2. The Hall–Kier alpha value is 0.800. The molecule has 0 N–H and O–H groups in total. The standard InChI is InChI=1S/C7H10I2O2/c8-6(4-10)2-1-3-7(9)5-11/h4-7H,1-3H2. The van der Waals surface area contributed by atoms with Crippen molar-refractivity contribution in [3.8, 4) is 0 Å². The quantitative estimate of drug-likeness (QED) is 0.402. The smallest absolute Gasteiger partial charge is 0.132 e. The summed E-state index contributed by atoms with van der Waals surface area (Å²) in [5, 5.41) is 0. The third kappa shape index (κ3) is 7.17. The van der Waals surface area contributed by atoms with Gasteiger partial charge in [-0.15, -0.1) is 0 Å². The molecule has 0 fully saturated rings. The van der Waals surface area contributed by atoms with Gasteiger partial charge in [-0.2, -0.15) is 0 Å². The van der Waals surface area contributed by atoms with E-state index < -0.39 is 0 Å². The van der Waals surface area contributed by atoms with Crippen LogP contribution in [0.3, 0.4) is 0 Å². The summed E-state index contributed by atoms with van der Waals surface area (Å²) in [6, 6.07) is 0. The van der Waals surface area contributed by atoms with Gasteiger partial charge in [-0.25, -0.2) is 0 Å². The topological polar surface area (TPSA) is 34.1 Å². The lowest BCUT2D eigenvalue weighted by molar-refractivity contribution is -0.107. The summed E-state index contributed by atoms with van der Waals surface area (Å²) in [6.07, 6.45) is 4.63. The van der Waals surface area contributed by atoms with E-state index >= 15 is 0 Å². The van der Waals surface area contributed by atoms with Gasteiger partial charge in [-0.3, -0.25) is 0 Å². The normalized spacial score (nSPS) is 15.5. The van der Waals surface area contributed by atoms with E-state index in [1.54, 1.807) is 0 Å². The first-order valence-electron chi connectivity index (χ1n) is 3.39. The summed E-state index contributed by atoms with van der Waals surface area (Å²) in [6.45, 7) is 0. The summed E-state index contributed by atoms with van der Waals surface area (Å²) in [5.74, 6) is 0. The van der Waals surface area contributed by atoms with Crippen LogP contribution in [-0.2, 0) is 9.59 Å². The van der Waals surface area contributed by atoms with Crippen molar-refractivity contribution in [2.45, 2.75) is 27.1 Å². The fourth-order valence-electron chi connectivity index (χ4n) is 0.644. The first-order valence-corrected chi connectivity index (χ1v) is 5.88. The number of alkyl halides is 2. The van der Waals surface area contributed by atoms with Crippen molar-refractivity contribution < 1.29 is 9.59 Å². The molecule has 0 amide bonds. The van der Waals surface area contributed by atoms with E-state index in [0.29, 0.717) is 0 Å². The van der Waals surface area contributed by atoms with Crippen LogP contribution in [0, 0.1) is 0 Å². The zero-order chi connectivity index (χ0) is 8.69. The average Bonchev–Trinajstić information content (AvgIpc) is 2.04. The van der Waals surface area contributed by atoms with Gasteiger partial charge in [0.15, 0.2) is 0 Å². The zero-order valence-electron chi connectivity index (χ0n) is 6.00. The molecule has 4 heteroatoms. The second-order valence-electron chi connectivity index (χ2n) is 2.24. The Morgan fingerprint density at radius 1 is 1.00 bits per heavy atom. The van der Waals surface area contributed by atoms with Crippen molar-refractivity contribution >= 4 is 57.8 Å². The summed E-state index contributed by atoms with van der Waals surface area (Å²) in [4.78, 5) is 20.3. The molecule has 0 heterocycles. The van der Waals surface area contributed by atoms with Crippen LogP contribution in [0.15, 0.2) is 0 Å². The lowest BCUT2D eigenvalue weighted by Gasteiger charge is -2.02. The van der Waals surface area contributed by atoms with E-state index in [4.69, 9.17) is 0 Å². The van der Waals surface area contributed by atoms with Gasteiger partial charge in [-0.05, 0) is 12.8 Å². The maximum atomic E-state index is 10.2. The number of carbonyl (C=O) groups excluding carboxylic acids is 2. The van der Waals surface area contributed by atoms with E-state index in [9.17, 15) is 9.59 Å². The van der Waals surface area contributed by atoms with Gasteiger partial charge in [0.25, 0.3) is 0 Å². The fraction of sp³-hybridized carbons (Fsp3) is 0.714. The van der Waals surface area contributed by atoms with Crippen molar-refractivity contribution in [2.75, 3.05) is 0 Å². The zero-order valence-corrected chi connectivity index (χ0v) is 10.3.